The molecule has 13 nitrogen and oxygen atoms in total. The highest BCUT2D eigenvalue weighted by molar-refractivity contribution is 5.94. The number of phenolic OH excluding ortho intramolecular Hbond substituents is 1. The summed E-state index contributed by atoms with van der Waals surface area (Å²) in [5.74, 6) is -6.04. The van der Waals surface area contributed by atoms with Gasteiger partial charge in [0.15, 0.2) is 0 Å². The third-order valence-electron chi connectivity index (χ3n) is 4.78. The number of benzene rings is 1. The normalized spacial score (nSPS) is 14.4. The first-order valence-electron chi connectivity index (χ1n) is 10.4. The first-order valence-corrected chi connectivity index (χ1v) is 10.4. The highest BCUT2D eigenvalue weighted by atomic mass is 16.4. The lowest BCUT2D eigenvalue weighted by Crippen LogP contribution is -2.59. The highest BCUT2D eigenvalue weighted by Crippen LogP contribution is 2.12. The first kappa shape index (κ1) is 28.3. The van der Waals surface area contributed by atoms with Crippen LogP contribution in [0.2, 0.25) is 0 Å². The van der Waals surface area contributed by atoms with Crippen LogP contribution in [0, 0.1) is 5.92 Å². The Hall–Kier alpha value is -3.71. The number of carboxylic acid groups (broad SMARTS) is 2. The standard InChI is InChI=1S/C21H30N4O9/c1-10(2)17(25-18(30)13(22)9-26)20(32)23-14(7-11-3-5-12(27)6-4-11)19(31)24-15(21(33)34)8-16(28)29/h3-6,10,13-15,17,26-27H,7-9,22H2,1-2H3,(H,23,32)(H,24,31)(H,25,30)(H,28,29)(H,33,34). The zero-order valence-electron chi connectivity index (χ0n) is 18.7. The molecule has 4 unspecified atom stereocenters. The summed E-state index contributed by atoms with van der Waals surface area (Å²) in [5, 5.41) is 43.6. The Morgan fingerprint density at radius 2 is 1.44 bits per heavy atom. The molecule has 0 fully saturated rings. The zero-order chi connectivity index (χ0) is 26.0. The number of carboxylic acids is 2. The van der Waals surface area contributed by atoms with Gasteiger partial charge in [-0.3, -0.25) is 19.2 Å². The molecule has 1 aromatic carbocycles. The summed E-state index contributed by atoms with van der Waals surface area (Å²) < 4.78 is 0. The van der Waals surface area contributed by atoms with Crippen molar-refractivity contribution in [1.82, 2.24) is 16.0 Å². The molecule has 34 heavy (non-hydrogen) atoms. The molecule has 0 aliphatic heterocycles. The molecule has 0 aliphatic carbocycles. The van der Waals surface area contributed by atoms with Gasteiger partial charge in [0.1, 0.15) is 29.9 Å². The van der Waals surface area contributed by atoms with E-state index in [0.29, 0.717) is 5.56 Å². The molecule has 188 valence electrons. The predicted octanol–water partition coefficient (Wildman–Crippen LogP) is -2.08. The number of rotatable bonds is 13. The van der Waals surface area contributed by atoms with Gasteiger partial charge in [0.05, 0.1) is 13.0 Å². The average molecular weight is 482 g/mol. The molecule has 3 amide bonds. The van der Waals surface area contributed by atoms with Crippen molar-refractivity contribution >= 4 is 29.7 Å². The van der Waals surface area contributed by atoms with Crippen LogP contribution in [0.5, 0.6) is 5.75 Å². The number of aliphatic hydroxyl groups is 1. The Bertz CT molecular complexity index is 889. The molecule has 9 N–H and O–H groups in total. The average Bonchev–Trinajstić information content (AvgIpc) is 2.76. The molecular formula is C21H30N4O9. The number of aromatic hydroxyl groups is 1. The molecule has 0 heterocycles. The second-order valence-electron chi connectivity index (χ2n) is 7.95. The van der Waals surface area contributed by atoms with Crippen LogP contribution in [-0.2, 0) is 30.4 Å². The third-order valence-corrected chi connectivity index (χ3v) is 4.78. The number of carbonyl (C=O) groups excluding carboxylic acids is 3. The second-order valence-corrected chi connectivity index (χ2v) is 7.95. The number of hydrogen-bond acceptors (Lipinski definition) is 8. The van der Waals surface area contributed by atoms with Gasteiger partial charge in [-0.2, -0.15) is 0 Å². The summed E-state index contributed by atoms with van der Waals surface area (Å²) >= 11 is 0. The van der Waals surface area contributed by atoms with Gasteiger partial charge >= 0.3 is 11.9 Å². The summed E-state index contributed by atoms with van der Waals surface area (Å²) in [7, 11) is 0. The number of aliphatic hydroxyl groups excluding tert-OH is 1. The fourth-order valence-corrected chi connectivity index (χ4v) is 2.86. The molecule has 13 heteroatoms. The number of phenols is 1. The van der Waals surface area contributed by atoms with E-state index in [4.69, 9.17) is 15.9 Å². The van der Waals surface area contributed by atoms with Crippen molar-refractivity contribution in [3.8, 4) is 5.75 Å². The second kappa shape index (κ2) is 13.1. The van der Waals surface area contributed by atoms with Gasteiger partial charge in [0.2, 0.25) is 17.7 Å². The summed E-state index contributed by atoms with van der Waals surface area (Å²) in [6, 6.07) is 0.163. The van der Waals surface area contributed by atoms with Crippen LogP contribution in [0.1, 0.15) is 25.8 Å². The molecule has 4 atom stereocenters. The monoisotopic (exact) mass is 482 g/mol. The fraction of sp³-hybridized carbons (Fsp3) is 0.476. The van der Waals surface area contributed by atoms with Gasteiger partial charge in [-0.15, -0.1) is 0 Å². The van der Waals surface area contributed by atoms with Crippen molar-refractivity contribution in [2.24, 2.45) is 11.7 Å². The maximum Gasteiger partial charge on any atom is 0.326 e. The van der Waals surface area contributed by atoms with Crippen molar-refractivity contribution in [3.05, 3.63) is 29.8 Å². The number of amides is 3. The number of aliphatic carboxylic acids is 2. The van der Waals surface area contributed by atoms with E-state index >= 15 is 0 Å². The van der Waals surface area contributed by atoms with E-state index in [-0.39, 0.29) is 12.2 Å². The third kappa shape index (κ3) is 9.03. The minimum Gasteiger partial charge on any atom is -0.508 e. The van der Waals surface area contributed by atoms with Crippen LogP contribution in [0.15, 0.2) is 24.3 Å². The molecule has 0 spiro atoms. The quantitative estimate of drug-likeness (QED) is 0.153. The summed E-state index contributed by atoms with van der Waals surface area (Å²) in [6.07, 6.45) is -1.02. The van der Waals surface area contributed by atoms with Crippen LogP contribution in [0.25, 0.3) is 0 Å². The molecule has 0 aromatic heterocycles. The number of carbonyl (C=O) groups is 5. The van der Waals surface area contributed by atoms with E-state index in [2.05, 4.69) is 16.0 Å². The molecule has 0 radical (unpaired) electrons. The SMILES string of the molecule is CC(C)C(NC(=O)C(N)CO)C(=O)NC(Cc1ccc(O)cc1)C(=O)NC(CC(=O)O)C(=O)O. The Labute approximate surface area is 195 Å². The molecule has 1 aromatic rings. The van der Waals surface area contributed by atoms with Crippen molar-refractivity contribution in [1.29, 1.82) is 0 Å². The van der Waals surface area contributed by atoms with E-state index in [1.165, 1.54) is 24.3 Å². The lowest BCUT2D eigenvalue weighted by Gasteiger charge is -2.26. The first-order chi connectivity index (χ1) is 15.8. The van der Waals surface area contributed by atoms with E-state index in [0.717, 1.165) is 0 Å². The maximum absolute atomic E-state index is 12.9. The van der Waals surface area contributed by atoms with E-state index in [9.17, 15) is 34.2 Å². The summed E-state index contributed by atoms with van der Waals surface area (Å²) in [5.41, 5.74) is 5.97. The Morgan fingerprint density at radius 1 is 0.882 bits per heavy atom. The minimum absolute atomic E-state index is 0.0380. The Balaban J connectivity index is 3.14. The zero-order valence-corrected chi connectivity index (χ0v) is 18.7. The Kier molecular flexibility index (Phi) is 10.9. The van der Waals surface area contributed by atoms with Crippen LogP contribution in [0.4, 0.5) is 0 Å². The lowest BCUT2D eigenvalue weighted by molar-refractivity contribution is -0.147. The molecule has 0 saturated heterocycles. The fourth-order valence-electron chi connectivity index (χ4n) is 2.86. The van der Waals surface area contributed by atoms with Crippen LogP contribution < -0.4 is 21.7 Å². The van der Waals surface area contributed by atoms with Gasteiger partial charge in [0.25, 0.3) is 0 Å². The molecular weight excluding hydrogens is 452 g/mol. The number of nitrogens with two attached hydrogens (primary N) is 1. The highest BCUT2D eigenvalue weighted by Gasteiger charge is 2.32. The van der Waals surface area contributed by atoms with Crippen molar-refractivity contribution < 1.29 is 44.4 Å². The number of hydrogen-bond donors (Lipinski definition) is 8. The van der Waals surface area contributed by atoms with Gasteiger partial charge in [-0.05, 0) is 23.6 Å². The maximum atomic E-state index is 12.9. The molecule has 0 aliphatic rings. The number of nitrogens with one attached hydrogen (secondary N) is 3. The van der Waals surface area contributed by atoms with Gasteiger partial charge < -0.3 is 42.1 Å². The van der Waals surface area contributed by atoms with Crippen molar-refractivity contribution in [2.75, 3.05) is 6.61 Å². The van der Waals surface area contributed by atoms with Crippen molar-refractivity contribution in [3.63, 3.8) is 0 Å². The van der Waals surface area contributed by atoms with Crippen LogP contribution in [-0.4, -0.2) is 80.9 Å². The molecule has 0 bridgehead atoms. The van der Waals surface area contributed by atoms with Gasteiger partial charge in [-0.25, -0.2) is 4.79 Å². The van der Waals surface area contributed by atoms with Gasteiger partial charge in [-0.1, -0.05) is 26.0 Å². The molecule has 1 rings (SSSR count). The molecule has 0 saturated carbocycles. The Morgan fingerprint density at radius 3 is 1.91 bits per heavy atom. The van der Waals surface area contributed by atoms with Crippen LogP contribution in [0.3, 0.4) is 0 Å². The minimum atomic E-state index is -1.74. The van der Waals surface area contributed by atoms with E-state index in [1.54, 1.807) is 13.8 Å². The van der Waals surface area contributed by atoms with E-state index in [1.807, 2.05) is 0 Å². The summed E-state index contributed by atoms with van der Waals surface area (Å²) in [4.78, 5) is 60.1. The van der Waals surface area contributed by atoms with Crippen molar-refractivity contribution in [2.45, 2.75) is 50.9 Å². The van der Waals surface area contributed by atoms with Crippen LogP contribution >= 0.6 is 0 Å². The topological polar surface area (TPSA) is 228 Å². The summed E-state index contributed by atoms with van der Waals surface area (Å²) in [6.45, 7) is 2.60. The van der Waals surface area contributed by atoms with E-state index < -0.39 is 72.8 Å². The largest absolute Gasteiger partial charge is 0.508 e. The lowest BCUT2D eigenvalue weighted by atomic mass is 10.00. The van der Waals surface area contributed by atoms with Gasteiger partial charge in [0, 0.05) is 6.42 Å². The smallest absolute Gasteiger partial charge is 0.326 e. The predicted molar refractivity (Wildman–Crippen MR) is 117 cm³/mol.